The Morgan fingerprint density at radius 1 is 1.04 bits per heavy atom. The van der Waals surface area contributed by atoms with E-state index in [9.17, 15) is 4.79 Å². The number of fused-ring (bicyclic) bond motifs is 2. The van der Waals surface area contributed by atoms with Crippen molar-refractivity contribution in [2.24, 2.45) is 0 Å². The molecule has 27 heavy (non-hydrogen) atoms. The van der Waals surface area contributed by atoms with Crippen molar-refractivity contribution in [3.8, 4) is 5.75 Å². The smallest absolute Gasteiger partial charge is 0.258 e. The molecule has 3 aromatic rings. The quantitative estimate of drug-likeness (QED) is 0.764. The Balaban J connectivity index is 1.56. The minimum atomic E-state index is -0.300. The standard InChI is InChI=1S/C22H18N2O3/c25-22-18-8-2-3-9-19(18)23-21(24(22)13-17-7-5-11-26-17)16-12-15-6-1-4-10-20(15)27-14-16/h1-12,21,23H,13-14H2/t21-/m1/s1. The van der Waals surface area contributed by atoms with Crippen molar-refractivity contribution in [2.45, 2.75) is 12.7 Å². The first-order valence-corrected chi connectivity index (χ1v) is 8.91. The summed E-state index contributed by atoms with van der Waals surface area (Å²) < 4.78 is 11.4. The number of hydrogen-bond acceptors (Lipinski definition) is 4. The second-order valence-electron chi connectivity index (χ2n) is 6.65. The van der Waals surface area contributed by atoms with Crippen LogP contribution in [-0.4, -0.2) is 23.6 Å². The number of carbonyl (C=O) groups excluding carboxylic acids is 1. The van der Waals surface area contributed by atoms with Gasteiger partial charge in [0, 0.05) is 16.8 Å². The molecule has 0 unspecified atom stereocenters. The maximum Gasteiger partial charge on any atom is 0.258 e. The fourth-order valence-corrected chi connectivity index (χ4v) is 3.61. The van der Waals surface area contributed by atoms with Crippen LogP contribution >= 0.6 is 0 Å². The maximum atomic E-state index is 13.2. The van der Waals surface area contributed by atoms with E-state index < -0.39 is 0 Å². The summed E-state index contributed by atoms with van der Waals surface area (Å²) in [4.78, 5) is 15.0. The predicted octanol–water partition coefficient (Wildman–Crippen LogP) is 4.15. The zero-order valence-corrected chi connectivity index (χ0v) is 14.6. The van der Waals surface area contributed by atoms with Crippen molar-refractivity contribution in [3.63, 3.8) is 0 Å². The third-order valence-corrected chi connectivity index (χ3v) is 4.93. The van der Waals surface area contributed by atoms with Gasteiger partial charge in [0.15, 0.2) is 0 Å². The summed E-state index contributed by atoms with van der Waals surface area (Å²) in [6.45, 7) is 0.815. The van der Waals surface area contributed by atoms with Gasteiger partial charge in [-0.3, -0.25) is 4.79 Å². The first kappa shape index (κ1) is 15.8. The first-order chi connectivity index (χ1) is 13.3. The molecule has 0 bridgehead atoms. The van der Waals surface area contributed by atoms with E-state index in [2.05, 4.69) is 11.4 Å². The minimum Gasteiger partial charge on any atom is -0.488 e. The highest BCUT2D eigenvalue weighted by atomic mass is 16.5. The number of ether oxygens (including phenoxy) is 1. The Labute approximate surface area is 156 Å². The van der Waals surface area contributed by atoms with Crippen LogP contribution in [-0.2, 0) is 6.54 Å². The van der Waals surface area contributed by atoms with Gasteiger partial charge in [-0.05, 0) is 36.4 Å². The van der Waals surface area contributed by atoms with Crippen molar-refractivity contribution < 1.29 is 13.9 Å². The van der Waals surface area contributed by atoms with Crippen LogP contribution in [0.2, 0.25) is 0 Å². The van der Waals surface area contributed by atoms with Gasteiger partial charge in [-0.15, -0.1) is 0 Å². The van der Waals surface area contributed by atoms with Crippen LogP contribution in [0.4, 0.5) is 5.69 Å². The zero-order valence-electron chi connectivity index (χ0n) is 14.6. The normalized spacial score (nSPS) is 18.1. The van der Waals surface area contributed by atoms with Gasteiger partial charge in [0.25, 0.3) is 5.91 Å². The van der Waals surface area contributed by atoms with Gasteiger partial charge >= 0.3 is 0 Å². The Hall–Kier alpha value is -3.47. The van der Waals surface area contributed by atoms with E-state index >= 15 is 0 Å². The monoisotopic (exact) mass is 358 g/mol. The highest BCUT2D eigenvalue weighted by molar-refractivity contribution is 6.02. The van der Waals surface area contributed by atoms with Crippen LogP contribution in [0.1, 0.15) is 21.7 Å². The molecule has 0 radical (unpaired) electrons. The van der Waals surface area contributed by atoms with Gasteiger partial charge in [0.2, 0.25) is 0 Å². The van der Waals surface area contributed by atoms with Gasteiger partial charge in [-0.25, -0.2) is 0 Å². The molecule has 2 aliphatic rings. The third kappa shape index (κ3) is 2.77. The summed E-state index contributed by atoms with van der Waals surface area (Å²) in [5.41, 5.74) is 3.52. The van der Waals surface area contributed by atoms with E-state index in [4.69, 9.17) is 9.15 Å². The largest absolute Gasteiger partial charge is 0.488 e. The summed E-state index contributed by atoms with van der Waals surface area (Å²) in [6.07, 6.45) is 3.43. The molecule has 1 amide bonds. The number of para-hydroxylation sites is 2. The van der Waals surface area contributed by atoms with Crippen molar-refractivity contribution in [2.75, 3.05) is 11.9 Å². The van der Waals surface area contributed by atoms with Crippen LogP contribution in [0.15, 0.2) is 76.9 Å². The number of nitrogens with one attached hydrogen (secondary N) is 1. The molecule has 5 heteroatoms. The Bertz CT molecular complexity index is 1020. The average Bonchev–Trinajstić information content (AvgIpc) is 3.23. The number of benzene rings is 2. The summed E-state index contributed by atoms with van der Waals surface area (Å²) in [7, 11) is 0. The van der Waals surface area contributed by atoms with Crippen molar-refractivity contribution in [3.05, 3.63) is 89.4 Å². The molecule has 3 heterocycles. The van der Waals surface area contributed by atoms with E-state index in [1.165, 1.54) is 0 Å². The average molecular weight is 358 g/mol. The second kappa shape index (κ2) is 6.36. The first-order valence-electron chi connectivity index (χ1n) is 8.91. The summed E-state index contributed by atoms with van der Waals surface area (Å²) in [6, 6.07) is 19.2. The Morgan fingerprint density at radius 2 is 1.89 bits per heavy atom. The molecule has 0 fully saturated rings. The topological polar surface area (TPSA) is 54.7 Å². The summed E-state index contributed by atoms with van der Waals surface area (Å²) in [5, 5.41) is 3.51. The third-order valence-electron chi connectivity index (χ3n) is 4.93. The maximum absolute atomic E-state index is 13.2. The zero-order chi connectivity index (χ0) is 18.2. The number of anilines is 1. The lowest BCUT2D eigenvalue weighted by molar-refractivity contribution is 0.0674. The lowest BCUT2D eigenvalue weighted by Gasteiger charge is -2.39. The Kier molecular flexibility index (Phi) is 3.71. The molecule has 1 aromatic heterocycles. The number of rotatable bonds is 3. The molecule has 0 spiro atoms. The van der Waals surface area contributed by atoms with Crippen LogP contribution < -0.4 is 10.1 Å². The highest BCUT2D eigenvalue weighted by Gasteiger charge is 2.35. The van der Waals surface area contributed by atoms with E-state index in [-0.39, 0.29) is 12.1 Å². The van der Waals surface area contributed by atoms with Gasteiger partial charge in [-0.2, -0.15) is 0 Å². The van der Waals surface area contributed by atoms with E-state index in [0.717, 1.165) is 28.3 Å². The molecule has 5 rings (SSSR count). The van der Waals surface area contributed by atoms with Crippen molar-refractivity contribution >= 4 is 17.7 Å². The molecular weight excluding hydrogens is 340 g/mol. The molecular formula is C22H18N2O3. The summed E-state index contributed by atoms with van der Waals surface area (Å²) >= 11 is 0. The van der Waals surface area contributed by atoms with Gasteiger partial charge in [-0.1, -0.05) is 30.3 Å². The summed E-state index contributed by atoms with van der Waals surface area (Å²) in [5.74, 6) is 1.58. The molecule has 2 aromatic carbocycles. The van der Waals surface area contributed by atoms with Gasteiger partial charge in [0.1, 0.15) is 24.3 Å². The van der Waals surface area contributed by atoms with Crippen LogP contribution in [0.5, 0.6) is 5.75 Å². The van der Waals surface area contributed by atoms with Gasteiger partial charge in [0.05, 0.1) is 18.4 Å². The molecule has 0 saturated carbocycles. The van der Waals surface area contributed by atoms with E-state index in [0.29, 0.717) is 18.7 Å². The molecule has 1 atom stereocenters. The second-order valence-corrected chi connectivity index (χ2v) is 6.65. The van der Waals surface area contributed by atoms with E-state index in [1.807, 2.05) is 60.7 Å². The van der Waals surface area contributed by atoms with Crippen molar-refractivity contribution in [1.82, 2.24) is 4.90 Å². The van der Waals surface area contributed by atoms with Crippen LogP contribution in [0, 0.1) is 0 Å². The Morgan fingerprint density at radius 3 is 2.78 bits per heavy atom. The lowest BCUT2D eigenvalue weighted by Crippen LogP contribution is -2.50. The molecule has 0 saturated heterocycles. The molecule has 134 valence electrons. The number of hydrogen-bond donors (Lipinski definition) is 1. The van der Waals surface area contributed by atoms with Crippen LogP contribution in [0.25, 0.3) is 6.08 Å². The van der Waals surface area contributed by atoms with Gasteiger partial charge < -0.3 is 19.4 Å². The number of nitrogens with zero attached hydrogens (tertiary/aromatic N) is 1. The van der Waals surface area contributed by atoms with Crippen LogP contribution in [0.3, 0.4) is 0 Å². The predicted molar refractivity (Wildman–Crippen MR) is 102 cm³/mol. The fourth-order valence-electron chi connectivity index (χ4n) is 3.61. The molecule has 5 nitrogen and oxygen atoms in total. The SMILES string of the molecule is O=C1c2ccccc2N[C@@H](C2=Cc3ccccc3OC2)N1Cc1ccco1. The molecule has 1 N–H and O–H groups in total. The fraction of sp³-hybridized carbons (Fsp3) is 0.136. The van der Waals surface area contributed by atoms with E-state index in [1.54, 1.807) is 11.2 Å². The number of carbonyl (C=O) groups is 1. The molecule has 2 aliphatic heterocycles. The highest BCUT2D eigenvalue weighted by Crippen LogP contribution is 2.33. The number of furan rings is 1. The molecule has 0 aliphatic carbocycles. The number of amides is 1. The minimum absolute atomic E-state index is 0.0227. The van der Waals surface area contributed by atoms with Crippen molar-refractivity contribution in [1.29, 1.82) is 0 Å². The lowest BCUT2D eigenvalue weighted by atomic mass is 10.00.